The standard InChI is InChI=1S/C11H12BrN3O/c12-8-3-1-2-4-10(8)15-7-14-5-11(15)9(13)6-16/h1-5,7,9,16H,6,13H2. The number of hydrogen-bond donors (Lipinski definition) is 2. The molecule has 0 radical (unpaired) electrons. The number of halogens is 1. The topological polar surface area (TPSA) is 64.1 Å². The SMILES string of the molecule is NC(CO)c1cncn1-c1ccccc1Br. The van der Waals surface area contributed by atoms with E-state index in [2.05, 4.69) is 20.9 Å². The van der Waals surface area contributed by atoms with E-state index in [1.165, 1.54) is 0 Å². The first-order valence-corrected chi connectivity index (χ1v) is 5.67. The Morgan fingerprint density at radius 1 is 1.44 bits per heavy atom. The molecule has 0 saturated carbocycles. The maximum absolute atomic E-state index is 9.07. The minimum absolute atomic E-state index is 0.101. The molecule has 0 fully saturated rings. The molecular formula is C11H12BrN3O. The average molecular weight is 282 g/mol. The van der Waals surface area contributed by atoms with Gasteiger partial charge in [0.05, 0.1) is 36.6 Å². The molecule has 0 spiro atoms. The van der Waals surface area contributed by atoms with E-state index in [-0.39, 0.29) is 6.61 Å². The number of para-hydroxylation sites is 1. The maximum atomic E-state index is 9.07. The van der Waals surface area contributed by atoms with Crippen LogP contribution in [0.1, 0.15) is 11.7 Å². The van der Waals surface area contributed by atoms with Crippen LogP contribution in [0.15, 0.2) is 41.3 Å². The van der Waals surface area contributed by atoms with Crippen LogP contribution in [0.25, 0.3) is 5.69 Å². The molecule has 5 heteroatoms. The number of aromatic nitrogens is 2. The molecule has 0 saturated heterocycles. The Labute approximate surface area is 102 Å². The summed E-state index contributed by atoms with van der Waals surface area (Å²) in [5.41, 5.74) is 7.54. The lowest BCUT2D eigenvalue weighted by atomic mass is 10.2. The van der Waals surface area contributed by atoms with Crippen molar-refractivity contribution in [3.8, 4) is 5.69 Å². The van der Waals surface area contributed by atoms with E-state index in [0.717, 1.165) is 15.9 Å². The zero-order valence-electron chi connectivity index (χ0n) is 8.55. The average Bonchev–Trinajstić information content (AvgIpc) is 2.77. The van der Waals surface area contributed by atoms with Crippen molar-refractivity contribution in [1.82, 2.24) is 9.55 Å². The second-order valence-electron chi connectivity index (χ2n) is 3.43. The Morgan fingerprint density at radius 2 is 2.19 bits per heavy atom. The van der Waals surface area contributed by atoms with Crippen molar-refractivity contribution < 1.29 is 5.11 Å². The summed E-state index contributed by atoms with van der Waals surface area (Å²) >= 11 is 3.47. The lowest BCUT2D eigenvalue weighted by Gasteiger charge is -2.13. The smallest absolute Gasteiger partial charge is 0.0995 e. The van der Waals surface area contributed by atoms with Crippen molar-refractivity contribution in [2.75, 3.05) is 6.61 Å². The molecule has 1 unspecified atom stereocenters. The minimum atomic E-state index is -0.422. The number of rotatable bonds is 3. The van der Waals surface area contributed by atoms with Crippen molar-refractivity contribution in [3.63, 3.8) is 0 Å². The fourth-order valence-electron chi connectivity index (χ4n) is 1.52. The summed E-state index contributed by atoms with van der Waals surface area (Å²) in [6, 6.07) is 7.36. The van der Waals surface area contributed by atoms with Gasteiger partial charge in [0.25, 0.3) is 0 Å². The number of benzene rings is 1. The highest BCUT2D eigenvalue weighted by Crippen LogP contribution is 2.23. The predicted octanol–water partition coefficient (Wildman–Crippen LogP) is 1.63. The number of nitrogens with two attached hydrogens (primary N) is 1. The first-order chi connectivity index (χ1) is 7.74. The van der Waals surface area contributed by atoms with E-state index in [1.807, 2.05) is 28.8 Å². The highest BCUT2D eigenvalue weighted by molar-refractivity contribution is 9.10. The molecular weight excluding hydrogens is 270 g/mol. The first-order valence-electron chi connectivity index (χ1n) is 4.87. The van der Waals surface area contributed by atoms with E-state index in [9.17, 15) is 0 Å². The van der Waals surface area contributed by atoms with E-state index < -0.39 is 6.04 Å². The van der Waals surface area contributed by atoms with E-state index in [4.69, 9.17) is 10.8 Å². The van der Waals surface area contributed by atoms with Crippen molar-refractivity contribution >= 4 is 15.9 Å². The summed E-state index contributed by atoms with van der Waals surface area (Å²) in [5.74, 6) is 0. The molecule has 0 aliphatic heterocycles. The number of hydrogen-bond acceptors (Lipinski definition) is 3. The van der Waals surface area contributed by atoms with Crippen LogP contribution in [0.2, 0.25) is 0 Å². The third-order valence-electron chi connectivity index (χ3n) is 2.36. The summed E-state index contributed by atoms with van der Waals surface area (Å²) in [6.45, 7) is -0.101. The van der Waals surface area contributed by atoms with Gasteiger partial charge in [0.15, 0.2) is 0 Å². The van der Waals surface area contributed by atoms with Crippen molar-refractivity contribution in [3.05, 3.63) is 47.0 Å². The summed E-state index contributed by atoms with van der Waals surface area (Å²) in [6.07, 6.45) is 3.35. The quantitative estimate of drug-likeness (QED) is 0.899. The fourth-order valence-corrected chi connectivity index (χ4v) is 2.00. The first kappa shape index (κ1) is 11.3. The molecule has 2 aromatic rings. The molecule has 0 bridgehead atoms. The van der Waals surface area contributed by atoms with Gasteiger partial charge in [-0.05, 0) is 28.1 Å². The molecule has 0 amide bonds. The third-order valence-corrected chi connectivity index (χ3v) is 3.03. The number of nitrogens with zero attached hydrogens (tertiary/aromatic N) is 2. The number of aliphatic hydroxyl groups is 1. The summed E-state index contributed by atoms with van der Waals surface area (Å²) in [5, 5.41) is 9.07. The van der Waals surface area contributed by atoms with Crippen LogP contribution in [0.5, 0.6) is 0 Å². The van der Waals surface area contributed by atoms with Crippen molar-refractivity contribution in [2.24, 2.45) is 5.73 Å². The normalized spacial score (nSPS) is 12.7. The van der Waals surface area contributed by atoms with Gasteiger partial charge in [-0.1, -0.05) is 12.1 Å². The Hall–Kier alpha value is -1.17. The fraction of sp³-hybridized carbons (Fsp3) is 0.182. The maximum Gasteiger partial charge on any atom is 0.0995 e. The molecule has 1 aromatic heterocycles. The van der Waals surface area contributed by atoms with E-state index in [1.54, 1.807) is 12.5 Å². The molecule has 84 valence electrons. The van der Waals surface area contributed by atoms with Crippen LogP contribution < -0.4 is 5.73 Å². The van der Waals surface area contributed by atoms with Gasteiger partial charge in [-0.25, -0.2) is 4.98 Å². The molecule has 1 heterocycles. The zero-order chi connectivity index (χ0) is 11.5. The largest absolute Gasteiger partial charge is 0.394 e. The van der Waals surface area contributed by atoms with Crippen LogP contribution in [-0.2, 0) is 0 Å². The molecule has 1 atom stereocenters. The van der Waals surface area contributed by atoms with Crippen LogP contribution in [-0.4, -0.2) is 21.3 Å². The molecule has 0 aliphatic rings. The van der Waals surface area contributed by atoms with Gasteiger partial charge in [-0.15, -0.1) is 0 Å². The summed E-state index contributed by atoms with van der Waals surface area (Å²) < 4.78 is 2.82. The Balaban J connectivity index is 2.49. The zero-order valence-corrected chi connectivity index (χ0v) is 10.1. The summed E-state index contributed by atoms with van der Waals surface area (Å²) in [4.78, 5) is 4.06. The molecule has 4 nitrogen and oxygen atoms in total. The number of imidazole rings is 1. The molecule has 2 rings (SSSR count). The Bertz CT molecular complexity index is 484. The van der Waals surface area contributed by atoms with Crippen LogP contribution in [0.3, 0.4) is 0 Å². The molecule has 0 aliphatic carbocycles. The lowest BCUT2D eigenvalue weighted by molar-refractivity contribution is 0.265. The molecule has 3 N–H and O–H groups in total. The van der Waals surface area contributed by atoms with Gasteiger partial charge < -0.3 is 15.4 Å². The predicted molar refractivity (Wildman–Crippen MR) is 65.3 cm³/mol. The summed E-state index contributed by atoms with van der Waals surface area (Å²) in [7, 11) is 0. The number of aliphatic hydroxyl groups excluding tert-OH is 1. The highest BCUT2D eigenvalue weighted by Gasteiger charge is 2.12. The van der Waals surface area contributed by atoms with Crippen molar-refractivity contribution in [2.45, 2.75) is 6.04 Å². The van der Waals surface area contributed by atoms with Gasteiger partial charge in [0.1, 0.15) is 0 Å². The monoisotopic (exact) mass is 281 g/mol. The van der Waals surface area contributed by atoms with Gasteiger partial charge in [0.2, 0.25) is 0 Å². The van der Waals surface area contributed by atoms with Crippen molar-refractivity contribution in [1.29, 1.82) is 0 Å². The third kappa shape index (κ3) is 2.02. The minimum Gasteiger partial charge on any atom is -0.394 e. The van der Waals surface area contributed by atoms with Gasteiger partial charge in [0, 0.05) is 4.47 Å². The second kappa shape index (κ2) is 4.78. The van der Waals surface area contributed by atoms with Gasteiger partial charge >= 0.3 is 0 Å². The van der Waals surface area contributed by atoms with Crippen LogP contribution >= 0.6 is 15.9 Å². The van der Waals surface area contributed by atoms with Gasteiger partial charge in [-0.2, -0.15) is 0 Å². The lowest BCUT2D eigenvalue weighted by Crippen LogP contribution is -2.18. The molecule has 16 heavy (non-hydrogen) atoms. The van der Waals surface area contributed by atoms with E-state index >= 15 is 0 Å². The highest BCUT2D eigenvalue weighted by atomic mass is 79.9. The van der Waals surface area contributed by atoms with E-state index in [0.29, 0.717) is 0 Å². The molecule has 1 aromatic carbocycles. The second-order valence-corrected chi connectivity index (χ2v) is 4.28. The Morgan fingerprint density at radius 3 is 2.88 bits per heavy atom. The van der Waals surface area contributed by atoms with Crippen LogP contribution in [0, 0.1) is 0 Å². The van der Waals surface area contributed by atoms with Gasteiger partial charge in [-0.3, -0.25) is 0 Å². The van der Waals surface area contributed by atoms with Crippen LogP contribution in [0.4, 0.5) is 0 Å². The Kier molecular flexibility index (Phi) is 3.38.